The number of aromatic hydroxyl groups is 1. The molecule has 2 N–H and O–H groups in total. The summed E-state index contributed by atoms with van der Waals surface area (Å²) in [4.78, 5) is 8.53. The van der Waals surface area contributed by atoms with E-state index >= 15 is 0 Å². The smallest absolute Gasteiger partial charge is 0.142 e. The summed E-state index contributed by atoms with van der Waals surface area (Å²) in [7, 11) is 0. The highest BCUT2D eigenvalue weighted by Crippen LogP contribution is 2.26. The first-order valence-corrected chi connectivity index (χ1v) is 7.73. The third-order valence-corrected chi connectivity index (χ3v) is 3.88. The van der Waals surface area contributed by atoms with Crippen LogP contribution < -0.4 is 5.32 Å². The molecule has 3 aromatic rings. The predicted octanol–water partition coefficient (Wildman–Crippen LogP) is 3.21. The van der Waals surface area contributed by atoms with E-state index in [4.69, 9.17) is 0 Å². The van der Waals surface area contributed by atoms with Gasteiger partial charge >= 0.3 is 0 Å². The van der Waals surface area contributed by atoms with Crippen LogP contribution in [0.15, 0.2) is 61.3 Å². The molecular weight excluding hydrogens is 288 g/mol. The zero-order valence-corrected chi connectivity index (χ0v) is 13.1. The van der Waals surface area contributed by atoms with Crippen LogP contribution >= 0.6 is 0 Å². The van der Waals surface area contributed by atoms with Crippen LogP contribution in [-0.4, -0.2) is 19.6 Å². The molecule has 3 rings (SSSR count). The van der Waals surface area contributed by atoms with Crippen LogP contribution in [0.5, 0.6) is 5.75 Å². The quantitative estimate of drug-likeness (QED) is 0.734. The molecule has 1 atom stereocenters. The van der Waals surface area contributed by atoms with Gasteiger partial charge in [0.15, 0.2) is 0 Å². The van der Waals surface area contributed by atoms with Crippen molar-refractivity contribution in [2.45, 2.75) is 25.9 Å². The fourth-order valence-electron chi connectivity index (χ4n) is 2.67. The van der Waals surface area contributed by atoms with E-state index in [0.29, 0.717) is 12.3 Å². The molecule has 0 aliphatic carbocycles. The summed E-state index contributed by atoms with van der Waals surface area (Å²) >= 11 is 0. The minimum Gasteiger partial charge on any atom is -0.508 e. The Kier molecular flexibility index (Phi) is 4.68. The number of imidazole rings is 1. The fourth-order valence-corrected chi connectivity index (χ4v) is 2.67. The third-order valence-electron chi connectivity index (χ3n) is 3.88. The largest absolute Gasteiger partial charge is 0.508 e. The maximum absolute atomic E-state index is 10.0. The number of phenolic OH excluding ortho intramolecular Hbond substituents is 1. The van der Waals surface area contributed by atoms with E-state index in [2.05, 4.69) is 22.2 Å². The SMILES string of the molecule is CC[C@@H](NCc1cccnc1-n1ccnc1)c1ccccc1O. The third kappa shape index (κ3) is 3.40. The van der Waals surface area contributed by atoms with Crippen molar-refractivity contribution >= 4 is 0 Å². The number of phenols is 1. The van der Waals surface area contributed by atoms with E-state index in [-0.39, 0.29) is 6.04 Å². The molecule has 5 nitrogen and oxygen atoms in total. The molecule has 2 aromatic heterocycles. The second-order valence-corrected chi connectivity index (χ2v) is 5.36. The van der Waals surface area contributed by atoms with Gasteiger partial charge in [-0.05, 0) is 18.6 Å². The Bertz CT molecular complexity index is 755. The summed E-state index contributed by atoms with van der Waals surface area (Å²) < 4.78 is 1.90. The summed E-state index contributed by atoms with van der Waals surface area (Å²) in [5.74, 6) is 1.19. The Labute approximate surface area is 135 Å². The van der Waals surface area contributed by atoms with E-state index < -0.39 is 0 Å². The molecule has 0 amide bonds. The second kappa shape index (κ2) is 7.07. The van der Waals surface area contributed by atoms with Crippen molar-refractivity contribution in [3.05, 3.63) is 72.4 Å². The maximum atomic E-state index is 10.0. The first-order valence-electron chi connectivity index (χ1n) is 7.73. The lowest BCUT2D eigenvalue weighted by Gasteiger charge is -2.19. The van der Waals surface area contributed by atoms with Crippen LogP contribution in [0.4, 0.5) is 0 Å². The Balaban J connectivity index is 1.79. The van der Waals surface area contributed by atoms with Crippen LogP contribution in [0.1, 0.15) is 30.5 Å². The highest BCUT2D eigenvalue weighted by atomic mass is 16.3. The average molecular weight is 308 g/mol. The standard InChI is InChI=1S/C18H20N4O/c1-2-16(15-7-3-4-8-17(15)23)21-12-14-6-5-9-20-18(14)22-11-10-19-13-22/h3-11,13,16,21,23H,2,12H2,1H3/t16-/m1/s1. The minimum absolute atomic E-state index is 0.0899. The lowest BCUT2D eigenvalue weighted by Crippen LogP contribution is -2.21. The molecule has 2 heterocycles. The number of nitrogens with one attached hydrogen (secondary N) is 1. The van der Waals surface area contributed by atoms with E-state index in [0.717, 1.165) is 23.4 Å². The van der Waals surface area contributed by atoms with Crippen molar-refractivity contribution in [1.82, 2.24) is 19.9 Å². The Morgan fingerprint density at radius 3 is 2.78 bits per heavy atom. The Morgan fingerprint density at radius 1 is 1.17 bits per heavy atom. The normalized spacial score (nSPS) is 12.2. The van der Waals surface area contributed by atoms with Crippen molar-refractivity contribution in [3.63, 3.8) is 0 Å². The Morgan fingerprint density at radius 2 is 2.04 bits per heavy atom. The summed E-state index contributed by atoms with van der Waals surface area (Å²) in [6.45, 7) is 2.76. The molecule has 118 valence electrons. The van der Waals surface area contributed by atoms with Crippen molar-refractivity contribution in [1.29, 1.82) is 0 Å². The summed E-state index contributed by atoms with van der Waals surface area (Å²) in [5.41, 5.74) is 2.00. The van der Waals surface area contributed by atoms with E-state index in [1.54, 1.807) is 24.8 Å². The monoisotopic (exact) mass is 308 g/mol. The number of pyridine rings is 1. The number of nitrogens with zero attached hydrogens (tertiary/aromatic N) is 3. The van der Waals surface area contributed by atoms with Gasteiger partial charge < -0.3 is 10.4 Å². The molecule has 0 aliphatic rings. The summed E-state index contributed by atoms with van der Waals surface area (Å²) in [6, 6.07) is 11.5. The number of para-hydroxylation sites is 1. The molecule has 0 unspecified atom stereocenters. The van der Waals surface area contributed by atoms with Crippen molar-refractivity contribution in [2.75, 3.05) is 0 Å². The molecule has 5 heteroatoms. The molecule has 0 saturated carbocycles. The molecular formula is C18H20N4O. The molecule has 0 radical (unpaired) electrons. The van der Waals surface area contributed by atoms with Crippen molar-refractivity contribution < 1.29 is 5.11 Å². The van der Waals surface area contributed by atoms with Gasteiger partial charge in [0.05, 0.1) is 0 Å². The zero-order chi connectivity index (χ0) is 16.1. The molecule has 1 aromatic carbocycles. The first-order chi connectivity index (χ1) is 11.3. The van der Waals surface area contributed by atoms with Crippen LogP contribution in [-0.2, 0) is 6.54 Å². The van der Waals surface area contributed by atoms with Gasteiger partial charge in [-0.15, -0.1) is 0 Å². The van der Waals surface area contributed by atoms with Gasteiger partial charge in [0, 0.05) is 42.3 Å². The number of rotatable bonds is 6. The maximum Gasteiger partial charge on any atom is 0.142 e. The zero-order valence-electron chi connectivity index (χ0n) is 13.1. The van der Waals surface area contributed by atoms with Crippen molar-refractivity contribution in [2.24, 2.45) is 0 Å². The van der Waals surface area contributed by atoms with Crippen LogP contribution in [0.2, 0.25) is 0 Å². The molecule has 0 fully saturated rings. The average Bonchev–Trinajstić information content (AvgIpc) is 3.11. The summed E-state index contributed by atoms with van der Waals surface area (Å²) in [5, 5.41) is 13.6. The predicted molar refractivity (Wildman–Crippen MR) is 89.3 cm³/mol. The van der Waals surface area contributed by atoms with Gasteiger partial charge in [-0.25, -0.2) is 9.97 Å². The first kappa shape index (κ1) is 15.2. The lowest BCUT2D eigenvalue weighted by molar-refractivity contribution is 0.440. The Hall–Kier alpha value is -2.66. The van der Waals surface area contributed by atoms with Gasteiger partial charge in [-0.1, -0.05) is 31.2 Å². The summed E-state index contributed by atoms with van der Waals surface area (Å²) in [6.07, 6.45) is 8.03. The van der Waals surface area contributed by atoms with Crippen LogP contribution in [0.3, 0.4) is 0 Å². The minimum atomic E-state index is 0.0899. The molecule has 0 aliphatic heterocycles. The fraction of sp³-hybridized carbons (Fsp3) is 0.222. The van der Waals surface area contributed by atoms with Gasteiger partial charge in [0.2, 0.25) is 0 Å². The van der Waals surface area contributed by atoms with Gasteiger partial charge in [-0.2, -0.15) is 0 Å². The van der Waals surface area contributed by atoms with Crippen LogP contribution in [0, 0.1) is 0 Å². The van der Waals surface area contributed by atoms with Gasteiger partial charge in [0.25, 0.3) is 0 Å². The molecule has 0 bridgehead atoms. The molecule has 23 heavy (non-hydrogen) atoms. The second-order valence-electron chi connectivity index (χ2n) is 5.36. The number of aromatic nitrogens is 3. The molecule has 0 saturated heterocycles. The van der Waals surface area contributed by atoms with Crippen LogP contribution in [0.25, 0.3) is 5.82 Å². The lowest BCUT2D eigenvalue weighted by atomic mass is 10.0. The van der Waals surface area contributed by atoms with E-state index in [1.807, 2.05) is 41.1 Å². The number of benzene rings is 1. The van der Waals surface area contributed by atoms with E-state index in [1.165, 1.54) is 0 Å². The van der Waals surface area contributed by atoms with Gasteiger partial charge in [0.1, 0.15) is 17.9 Å². The van der Waals surface area contributed by atoms with Crippen molar-refractivity contribution in [3.8, 4) is 11.6 Å². The topological polar surface area (TPSA) is 63.0 Å². The number of hydrogen-bond acceptors (Lipinski definition) is 4. The van der Waals surface area contributed by atoms with E-state index in [9.17, 15) is 5.11 Å². The highest BCUT2D eigenvalue weighted by molar-refractivity contribution is 5.36. The highest BCUT2D eigenvalue weighted by Gasteiger charge is 2.14. The van der Waals surface area contributed by atoms with Gasteiger partial charge in [-0.3, -0.25) is 4.57 Å². The number of hydrogen-bond donors (Lipinski definition) is 2. The molecule has 0 spiro atoms.